The van der Waals surface area contributed by atoms with Gasteiger partial charge in [0.05, 0.1) is 17.8 Å². The van der Waals surface area contributed by atoms with Gasteiger partial charge < -0.3 is 5.41 Å². The van der Waals surface area contributed by atoms with Crippen molar-refractivity contribution in [1.29, 1.82) is 5.41 Å². The fraction of sp³-hybridized carbons (Fsp3) is 0.303. The van der Waals surface area contributed by atoms with Gasteiger partial charge in [0.1, 0.15) is 0 Å². The number of allylic oxidation sites excluding steroid dienone is 4. The molecule has 1 N–H and O–H groups in total. The van der Waals surface area contributed by atoms with Gasteiger partial charge in [0.15, 0.2) is 0 Å². The summed E-state index contributed by atoms with van der Waals surface area (Å²) in [5, 5.41) is 7.95. The van der Waals surface area contributed by atoms with E-state index in [1.807, 2.05) is 0 Å². The minimum atomic E-state index is -1.33. The molecule has 34 heavy (non-hydrogen) atoms. The Labute approximate surface area is 223 Å². The zero-order valence-corrected chi connectivity index (χ0v) is 19.0. The molecule has 3 aromatic rings. The van der Waals surface area contributed by atoms with E-state index in [4.69, 9.17) is 21.9 Å². The van der Waals surface area contributed by atoms with Crippen molar-refractivity contribution in [2.45, 2.75) is 51.3 Å². The largest absolute Gasteiger partial charge is 0.309 e. The van der Waals surface area contributed by atoms with E-state index in [9.17, 15) is 2.74 Å². The molecule has 0 radical (unpaired) electrons. The van der Waals surface area contributed by atoms with Crippen molar-refractivity contribution in [3.8, 4) is 11.1 Å². The van der Waals surface area contributed by atoms with Crippen LogP contribution in [0.1, 0.15) is 91.9 Å². The highest BCUT2D eigenvalue weighted by Gasteiger charge is 2.36. The van der Waals surface area contributed by atoms with E-state index in [-0.39, 0.29) is 75.8 Å². The predicted molar refractivity (Wildman–Crippen MR) is 144 cm³/mol. The minimum Gasteiger partial charge on any atom is -0.309 e. The smallest absolute Gasteiger partial charge is 0.0832 e. The summed E-state index contributed by atoms with van der Waals surface area (Å²) in [5.74, 6) is -1.21. The molecule has 1 atom stereocenters. The van der Waals surface area contributed by atoms with E-state index in [2.05, 4.69) is 0 Å². The Balaban J connectivity index is 1.59. The molecule has 4 aliphatic rings. The molecule has 1 heteroatoms. The lowest BCUT2D eigenvalue weighted by atomic mass is 9.63. The zero-order chi connectivity index (χ0) is 35.3. The Morgan fingerprint density at radius 1 is 1.00 bits per heavy atom. The lowest BCUT2D eigenvalue weighted by molar-refractivity contribution is 0.145. The summed E-state index contributed by atoms with van der Waals surface area (Å²) in [6, 6.07) is -4.24. The summed E-state index contributed by atoms with van der Waals surface area (Å²) >= 11 is 0. The second kappa shape index (κ2) is 8.87. The van der Waals surface area contributed by atoms with Gasteiger partial charge in [-0.3, -0.25) is 0 Å². The van der Waals surface area contributed by atoms with Crippen molar-refractivity contribution in [3.05, 3.63) is 106 Å². The first-order valence-corrected chi connectivity index (χ1v) is 11.7. The summed E-state index contributed by atoms with van der Waals surface area (Å²) in [7, 11) is 0. The van der Waals surface area contributed by atoms with Crippen molar-refractivity contribution in [2.75, 3.05) is 0 Å². The topological polar surface area (TPSA) is 23.9 Å². The molecule has 0 heterocycles. The van der Waals surface area contributed by atoms with Gasteiger partial charge in [-0.1, -0.05) is 85.4 Å². The standard InChI is InChI=1S/C33H33N/c1-22(29-7-4-8-31-30-6-3-2-5-28(30)21-33(29)31)19-27(17-18-34)24-13-15-26(16-14-24)32-20-23-9-11-25(32)12-10-23/h2-8,13-19,23,25,32,34H,9-12,20-21H2,1H3/b22-19+,27-17+,34-18?/i2D,3D,4D,5D,6D,8D,13D,14D,15D,16D,17D,18D,19D,32D. The molecular formula is C33H33N. The van der Waals surface area contributed by atoms with E-state index in [0.29, 0.717) is 12.0 Å². The van der Waals surface area contributed by atoms with Crippen LogP contribution in [0.5, 0.6) is 0 Å². The van der Waals surface area contributed by atoms with Crippen LogP contribution in [0.3, 0.4) is 0 Å². The van der Waals surface area contributed by atoms with Crippen LogP contribution in [-0.4, -0.2) is 6.19 Å². The second-order valence-corrected chi connectivity index (χ2v) is 9.28. The number of rotatable bonds is 5. The lowest BCUT2D eigenvalue weighted by Crippen LogP contribution is -2.29. The van der Waals surface area contributed by atoms with Crippen LogP contribution in [0.4, 0.5) is 0 Å². The van der Waals surface area contributed by atoms with Crippen molar-refractivity contribution in [2.24, 2.45) is 11.8 Å². The molecule has 0 amide bonds. The fourth-order valence-corrected chi connectivity index (χ4v) is 5.64. The monoisotopic (exact) mass is 457 g/mol. The third kappa shape index (κ3) is 3.78. The summed E-state index contributed by atoms with van der Waals surface area (Å²) in [5.41, 5.74) is 0.0937. The van der Waals surface area contributed by atoms with Crippen LogP contribution in [0, 0.1) is 17.2 Å². The molecule has 0 aromatic heterocycles. The van der Waals surface area contributed by atoms with E-state index >= 15 is 0 Å². The molecule has 3 saturated carbocycles. The molecule has 2 bridgehead atoms. The minimum absolute atomic E-state index is 0.0184. The Morgan fingerprint density at radius 3 is 2.50 bits per heavy atom. The first-order chi connectivity index (χ1) is 22.4. The first kappa shape index (κ1) is 11.0. The Bertz CT molecular complexity index is 1990. The molecule has 3 aromatic carbocycles. The van der Waals surface area contributed by atoms with Gasteiger partial charge in [-0.2, -0.15) is 0 Å². The van der Waals surface area contributed by atoms with Gasteiger partial charge in [0.25, 0.3) is 0 Å². The van der Waals surface area contributed by atoms with Crippen LogP contribution in [-0.2, 0) is 6.42 Å². The molecule has 0 aliphatic heterocycles. The maximum Gasteiger partial charge on any atom is 0.0832 e. The number of benzene rings is 3. The average molecular weight is 458 g/mol. The normalized spacial score (nSPS) is 32.0. The molecule has 170 valence electrons. The summed E-state index contributed by atoms with van der Waals surface area (Å²) in [6.07, 6.45) is 2.76. The molecule has 0 spiro atoms. The molecule has 1 nitrogen and oxygen atoms in total. The highest BCUT2D eigenvalue weighted by molar-refractivity contribution is 5.93. The Hall–Kier alpha value is -3.19. The Kier molecular flexibility index (Phi) is 2.88. The van der Waals surface area contributed by atoms with E-state index in [0.717, 1.165) is 25.7 Å². The van der Waals surface area contributed by atoms with Gasteiger partial charge in [-0.05, 0) is 106 Å². The van der Waals surface area contributed by atoms with Gasteiger partial charge >= 0.3 is 0 Å². The van der Waals surface area contributed by atoms with Crippen molar-refractivity contribution in [3.63, 3.8) is 0 Å². The predicted octanol–water partition coefficient (Wildman–Crippen LogP) is 8.69. The first-order valence-electron chi connectivity index (χ1n) is 18.7. The van der Waals surface area contributed by atoms with Crippen LogP contribution >= 0.6 is 0 Å². The second-order valence-electron chi connectivity index (χ2n) is 9.28. The number of hydrogen-bond acceptors (Lipinski definition) is 1. The molecule has 4 aliphatic carbocycles. The van der Waals surface area contributed by atoms with Gasteiger partial charge in [-0.25, -0.2) is 0 Å². The summed E-state index contributed by atoms with van der Waals surface area (Å²) in [4.78, 5) is 0. The average Bonchev–Trinajstić information content (AvgIpc) is 3.46. The molecule has 3 fully saturated rings. The summed E-state index contributed by atoms with van der Waals surface area (Å²) in [6.45, 7) is 1.46. The quantitative estimate of drug-likeness (QED) is 0.229. The number of fused-ring (bicyclic) bond motifs is 6. The third-order valence-electron chi connectivity index (χ3n) is 7.36. The molecule has 0 saturated heterocycles. The highest BCUT2D eigenvalue weighted by Crippen LogP contribution is 2.49. The van der Waals surface area contributed by atoms with Crippen molar-refractivity contribution < 1.29 is 19.2 Å². The van der Waals surface area contributed by atoms with Gasteiger partial charge in [0.2, 0.25) is 0 Å². The third-order valence-corrected chi connectivity index (χ3v) is 7.36. The highest BCUT2D eigenvalue weighted by atomic mass is 14.4. The SMILES string of the molecule is [2H]C(=N)/C([2H])=C(\C([2H])=C(/C)c1cc([2H])c([2H])c2c1Cc1c([2H])c([2H])c([2H])c([2H])c1-2)c1c([2H])c([2H])c(C2([2H])CC3CCC2CC3)c([2H])c1[2H]. The van der Waals surface area contributed by atoms with E-state index in [1.54, 1.807) is 0 Å². The van der Waals surface area contributed by atoms with Gasteiger partial charge in [0, 0.05) is 7.56 Å². The lowest BCUT2D eigenvalue weighted by Gasteiger charge is -2.42. The van der Waals surface area contributed by atoms with Crippen LogP contribution in [0.15, 0.2) is 78.6 Å². The Morgan fingerprint density at radius 2 is 1.76 bits per heavy atom. The van der Waals surface area contributed by atoms with Crippen LogP contribution in [0.25, 0.3) is 22.3 Å². The number of hydrogen-bond donors (Lipinski definition) is 1. The molecule has 1 unspecified atom stereocenters. The molecular weight excluding hydrogens is 410 g/mol. The fourth-order valence-electron chi connectivity index (χ4n) is 5.64. The van der Waals surface area contributed by atoms with E-state index in [1.165, 1.54) is 13.0 Å². The van der Waals surface area contributed by atoms with Crippen LogP contribution < -0.4 is 0 Å². The summed E-state index contributed by atoms with van der Waals surface area (Å²) < 4.78 is 122. The van der Waals surface area contributed by atoms with Crippen molar-refractivity contribution >= 4 is 17.3 Å². The maximum absolute atomic E-state index is 9.39. The molecule has 7 rings (SSSR count). The van der Waals surface area contributed by atoms with Gasteiger partial charge in [-0.15, -0.1) is 0 Å². The maximum atomic E-state index is 9.39. The van der Waals surface area contributed by atoms with Crippen LogP contribution in [0.2, 0.25) is 0 Å². The van der Waals surface area contributed by atoms with Crippen molar-refractivity contribution in [1.82, 2.24) is 0 Å². The zero-order valence-electron chi connectivity index (χ0n) is 33.0. The number of nitrogens with one attached hydrogen (secondary N) is 1. The van der Waals surface area contributed by atoms with E-state index < -0.39 is 71.6 Å².